The van der Waals surface area contributed by atoms with Crippen molar-refractivity contribution in [1.82, 2.24) is 4.98 Å². The van der Waals surface area contributed by atoms with Crippen LogP contribution in [0.3, 0.4) is 0 Å². The summed E-state index contributed by atoms with van der Waals surface area (Å²) in [4.78, 5) is 14.2. The maximum absolute atomic E-state index is 10.5. The first kappa shape index (κ1) is 8.18. The van der Waals surface area contributed by atoms with Crippen LogP contribution in [-0.2, 0) is 0 Å². The molecule has 1 amide bonds. The van der Waals surface area contributed by atoms with Gasteiger partial charge in [-0.2, -0.15) is 10.5 Å². The van der Waals surface area contributed by atoms with Crippen LogP contribution in [0.4, 0.5) is 0 Å². The maximum atomic E-state index is 10.5. The first-order chi connectivity index (χ1) is 5.69. The molecule has 1 rings (SSSR count). The summed E-state index contributed by atoms with van der Waals surface area (Å²) in [7, 11) is 0. The molecule has 2 N–H and O–H groups in total. The second-order valence-electron chi connectivity index (χ2n) is 1.78. The average Bonchev–Trinajstić information content (AvgIpc) is 2.46. The monoisotopic (exact) mass is 178 g/mol. The fourth-order valence-electron chi connectivity index (χ4n) is 0.577. The summed E-state index contributed by atoms with van der Waals surface area (Å²) >= 11 is 0.823. The van der Waals surface area contributed by atoms with Gasteiger partial charge in [-0.25, -0.2) is 4.98 Å². The molecule has 0 bridgehead atoms. The second-order valence-corrected chi connectivity index (χ2v) is 2.78. The number of hydrogen-bond donors (Lipinski definition) is 1. The Morgan fingerprint density at radius 2 is 2.17 bits per heavy atom. The van der Waals surface area contributed by atoms with E-state index in [0.717, 1.165) is 11.3 Å². The average molecular weight is 178 g/mol. The lowest BCUT2D eigenvalue weighted by Gasteiger charge is -1.79. The first-order valence-electron chi connectivity index (χ1n) is 2.80. The van der Waals surface area contributed by atoms with E-state index >= 15 is 0 Å². The minimum Gasteiger partial charge on any atom is -0.364 e. The smallest absolute Gasteiger partial charge is 0.277 e. The van der Waals surface area contributed by atoms with Gasteiger partial charge in [0.25, 0.3) is 5.91 Å². The number of amides is 1. The molecule has 5 nitrogen and oxygen atoms in total. The van der Waals surface area contributed by atoms with Crippen LogP contribution in [0.15, 0.2) is 0 Å². The van der Waals surface area contributed by atoms with Gasteiger partial charge in [0, 0.05) is 0 Å². The van der Waals surface area contributed by atoms with Crippen molar-refractivity contribution in [3.63, 3.8) is 0 Å². The van der Waals surface area contributed by atoms with Gasteiger partial charge in [-0.15, -0.1) is 0 Å². The summed E-state index contributed by atoms with van der Waals surface area (Å²) < 4.78 is 0. The number of nitrogens with zero attached hydrogens (tertiary/aromatic N) is 3. The van der Waals surface area contributed by atoms with Crippen LogP contribution in [0.5, 0.6) is 0 Å². The number of thiazole rings is 1. The first-order valence-corrected chi connectivity index (χ1v) is 3.61. The van der Waals surface area contributed by atoms with Gasteiger partial charge in [-0.1, -0.05) is 11.3 Å². The number of hydrogen-bond acceptors (Lipinski definition) is 5. The molecule has 0 aliphatic heterocycles. The number of carbonyl (C=O) groups excluding carboxylic acids is 1. The number of rotatable bonds is 1. The largest absolute Gasteiger partial charge is 0.364 e. The zero-order valence-corrected chi connectivity index (χ0v) is 6.55. The fraction of sp³-hybridized carbons (Fsp3) is 0. The molecule has 0 fully saturated rings. The zero-order valence-electron chi connectivity index (χ0n) is 5.74. The highest BCUT2D eigenvalue weighted by Crippen LogP contribution is 2.15. The van der Waals surface area contributed by atoms with Gasteiger partial charge in [-0.05, 0) is 0 Å². The predicted molar refractivity (Wildman–Crippen MR) is 40.1 cm³/mol. The third kappa shape index (κ3) is 1.24. The fourth-order valence-corrected chi connectivity index (χ4v) is 1.24. The molecule has 1 aromatic rings. The molecule has 6 heteroatoms. The molecular weight excluding hydrogens is 176 g/mol. The molecule has 0 atom stereocenters. The van der Waals surface area contributed by atoms with Crippen molar-refractivity contribution in [3.8, 4) is 12.1 Å². The Morgan fingerprint density at radius 3 is 2.50 bits per heavy atom. The summed E-state index contributed by atoms with van der Waals surface area (Å²) in [6.07, 6.45) is 0. The van der Waals surface area contributed by atoms with E-state index in [0.29, 0.717) is 0 Å². The number of nitriles is 2. The van der Waals surface area contributed by atoms with E-state index in [4.69, 9.17) is 16.3 Å². The molecule has 1 aromatic heterocycles. The summed E-state index contributed by atoms with van der Waals surface area (Å²) in [5, 5.41) is 16.9. The van der Waals surface area contributed by atoms with Crippen molar-refractivity contribution in [1.29, 1.82) is 10.5 Å². The summed E-state index contributed by atoms with van der Waals surface area (Å²) in [5.74, 6) is -0.724. The van der Waals surface area contributed by atoms with Crippen LogP contribution in [0.25, 0.3) is 0 Å². The van der Waals surface area contributed by atoms with Crippen molar-refractivity contribution < 1.29 is 4.79 Å². The number of nitrogens with two attached hydrogens (primary N) is 1. The molecule has 0 spiro atoms. The molecule has 0 aliphatic rings. The van der Waals surface area contributed by atoms with E-state index in [-0.39, 0.29) is 15.6 Å². The minimum atomic E-state index is -0.724. The van der Waals surface area contributed by atoms with Crippen molar-refractivity contribution >= 4 is 17.2 Å². The molecule has 0 aliphatic carbocycles. The molecule has 12 heavy (non-hydrogen) atoms. The Bertz CT molecular complexity index is 377. The van der Waals surface area contributed by atoms with E-state index in [2.05, 4.69) is 4.98 Å². The lowest BCUT2D eigenvalue weighted by Crippen LogP contribution is -2.10. The van der Waals surface area contributed by atoms with Crippen molar-refractivity contribution in [3.05, 3.63) is 15.6 Å². The second kappa shape index (κ2) is 2.99. The van der Waals surface area contributed by atoms with Gasteiger partial charge < -0.3 is 5.73 Å². The SMILES string of the molecule is N#Cc1nc(C(N)=O)sc1C#N. The highest BCUT2D eigenvalue weighted by molar-refractivity contribution is 7.14. The van der Waals surface area contributed by atoms with Gasteiger partial charge in [0.2, 0.25) is 0 Å². The van der Waals surface area contributed by atoms with E-state index in [1.165, 1.54) is 0 Å². The van der Waals surface area contributed by atoms with E-state index in [1.54, 1.807) is 12.1 Å². The van der Waals surface area contributed by atoms with Gasteiger partial charge in [0.05, 0.1) is 0 Å². The molecule has 0 saturated carbocycles. The molecular formula is C6H2N4OS. The number of aromatic nitrogens is 1. The quantitative estimate of drug-likeness (QED) is 0.652. The molecule has 58 valence electrons. The van der Waals surface area contributed by atoms with Crippen molar-refractivity contribution in [2.24, 2.45) is 5.73 Å². The third-order valence-corrected chi connectivity index (χ3v) is 2.02. The van der Waals surface area contributed by atoms with Crippen LogP contribution in [0.1, 0.15) is 20.4 Å². The Morgan fingerprint density at radius 1 is 1.50 bits per heavy atom. The lowest BCUT2D eigenvalue weighted by molar-refractivity contribution is 0.1000. The summed E-state index contributed by atoms with van der Waals surface area (Å²) in [5.41, 5.74) is 4.85. The number of carbonyl (C=O) groups is 1. The summed E-state index contributed by atoms with van der Waals surface area (Å²) in [6, 6.07) is 3.44. The Balaban J connectivity index is 3.28. The predicted octanol–water partition coefficient (Wildman–Crippen LogP) is -0.0146. The van der Waals surface area contributed by atoms with Gasteiger partial charge >= 0.3 is 0 Å². The van der Waals surface area contributed by atoms with Crippen LogP contribution in [0.2, 0.25) is 0 Å². The van der Waals surface area contributed by atoms with Crippen molar-refractivity contribution in [2.75, 3.05) is 0 Å². The van der Waals surface area contributed by atoms with E-state index < -0.39 is 5.91 Å². The van der Waals surface area contributed by atoms with E-state index in [9.17, 15) is 4.79 Å². The third-order valence-electron chi connectivity index (χ3n) is 1.05. The van der Waals surface area contributed by atoms with Crippen LogP contribution in [-0.4, -0.2) is 10.9 Å². The van der Waals surface area contributed by atoms with E-state index in [1.807, 2.05) is 0 Å². The van der Waals surface area contributed by atoms with Gasteiger partial charge in [-0.3, -0.25) is 4.79 Å². The highest BCUT2D eigenvalue weighted by atomic mass is 32.1. The Kier molecular flexibility index (Phi) is 2.04. The van der Waals surface area contributed by atoms with Crippen LogP contribution < -0.4 is 5.73 Å². The Labute approximate surface area is 71.7 Å². The zero-order chi connectivity index (χ0) is 9.14. The molecule has 1 heterocycles. The van der Waals surface area contributed by atoms with Gasteiger partial charge in [0.15, 0.2) is 10.7 Å². The Hall–Kier alpha value is -1.92. The molecule has 0 unspecified atom stereocenters. The topological polar surface area (TPSA) is 104 Å². The van der Waals surface area contributed by atoms with Crippen LogP contribution >= 0.6 is 11.3 Å². The lowest BCUT2D eigenvalue weighted by atomic mass is 10.4. The highest BCUT2D eigenvalue weighted by Gasteiger charge is 2.13. The molecule has 0 saturated heterocycles. The van der Waals surface area contributed by atoms with Crippen LogP contribution in [0, 0.1) is 22.7 Å². The minimum absolute atomic E-state index is 0.0110. The summed E-state index contributed by atoms with van der Waals surface area (Å²) in [6.45, 7) is 0. The maximum Gasteiger partial charge on any atom is 0.277 e. The van der Waals surface area contributed by atoms with Crippen molar-refractivity contribution in [2.45, 2.75) is 0 Å². The molecule has 0 aromatic carbocycles. The standard InChI is InChI=1S/C6H2N4OS/c7-1-3-4(2-8)12-6(10-3)5(9)11/h(H2,9,11). The normalized spacial score (nSPS) is 8.50. The number of primary amides is 1. The van der Waals surface area contributed by atoms with Gasteiger partial charge in [0.1, 0.15) is 17.0 Å². The molecule has 0 radical (unpaired) electrons.